The minimum Gasteiger partial charge on any atom is -0.504 e. The molecule has 0 radical (unpaired) electrons. The van der Waals surface area contributed by atoms with Gasteiger partial charge in [0.25, 0.3) is 0 Å². The van der Waals surface area contributed by atoms with Gasteiger partial charge in [0.2, 0.25) is 5.78 Å². The number of allylic oxidation sites excluding steroid dienone is 4. The second kappa shape index (κ2) is 8.06. The molecule has 9 atom stereocenters. The maximum absolute atomic E-state index is 12.9. The Labute approximate surface area is 224 Å². The lowest BCUT2D eigenvalue weighted by Gasteiger charge is -2.70. The molecule has 0 aliphatic heterocycles. The predicted molar refractivity (Wildman–Crippen MR) is 141 cm³/mol. The van der Waals surface area contributed by atoms with Crippen molar-refractivity contribution in [3.05, 3.63) is 34.6 Å². The van der Waals surface area contributed by atoms with Gasteiger partial charge in [-0.25, -0.2) is 0 Å². The Morgan fingerprint density at radius 1 is 0.974 bits per heavy atom. The zero-order valence-corrected chi connectivity index (χ0v) is 23.4. The number of carboxylic acid groups (broad SMARTS) is 2. The van der Waals surface area contributed by atoms with Gasteiger partial charge in [0.05, 0.1) is 16.9 Å². The number of ketones is 1. The summed E-state index contributed by atoms with van der Waals surface area (Å²) in [7, 11) is 0. The van der Waals surface area contributed by atoms with Crippen molar-refractivity contribution in [2.24, 2.45) is 44.8 Å². The third-order valence-electron chi connectivity index (χ3n) is 12.5. The average Bonchev–Trinajstić information content (AvgIpc) is 2.84. The molecule has 5 aliphatic rings. The summed E-state index contributed by atoms with van der Waals surface area (Å²) < 4.78 is 0. The van der Waals surface area contributed by atoms with Crippen LogP contribution >= 0.6 is 0 Å². The van der Waals surface area contributed by atoms with Crippen molar-refractivity contribution in [2.45, 2.75) is 92.6 Å². The van der Waals surface area contributed by atoms with Crippen LogP contribution in [0, 0.1) is 44.8 Å². The van der Waals surface area contributed by atoms with E-state index >= 15 is 0 Å². The number of rotatable bonds is 3. The second-order valence-corrected chi connectivity index (χ2v) is 14.0. The fraction of sp³-hybridized carbons (Fsp3) is 0.710. The Morgan fingerprint density at radius 2 is 1.61 bits per heavy atom. The first-order valence-electron chi connectivity index (χ1n) is 14.0. The van der Waals surface area contributed by atoms with Crippen molar-refractivity contribution >= 4 is 17.7 Å². The Morgan fingerprint density at radius 3 is 2.18 bits per heavy atom. The van der Waals surface area contributed by atoms with E-state index in [-0.39, 0.29) is 23.5 Å². The highest BCUT2D eigenvalue weighted by Gasteiger charge is 2.71. The van der Waals surface area contributed by atoms with E-state index in [1.165, 1.54) is 0 Å². The molecule has 7 nitrogen and oxygen atoms in total. The highest BCUT2D eigenvalue weighted by molar-refractivity contribution is 6.04. The second-order valence-electron chi connectivity index (χ2n) is 14.0. The third-order valence-corrected chi connectivity index (χ3v) is 12.5. The van der Waals surface area contributed by atoms with E-state index in [2.05, 4.69) is 26.8 Å². The molecule has 0 saturated heterocycles. The maximum atomic E-state index is 12.9. The van der Waals surface area contributed by atoms with Gasteiger partial charge in [-0.15, -0.1) is 0 Å². The first-order valence-corrected chi connectivity index (χ1v) is 14.0. The largest absolute Gasteiger partial charge is 0.504 e. The van der Waals surface area contributed by atoms with Crippen LogP contribution in [-0.2, 0) is 14.4 Å². The highest BCUT2D eigenvalue weighted by Crippen LogP contribution is 2.76. The van der Waals surface area contributed by atoms with Crippen LogP contribution in [0.5, 0.6) is 0 Å². The summed E-state index contributed by atoms with van der Waals surface area (Å²) in [6.07, 6.45) is 6.59. The topological polar surface area (TPSA) is 132 Å². The van der Waals surface area contributed by atoms with Gasteiger partial charge in [-0.3, -0.25) is 14.4 Å². The molecule has 0 bridgehead atoms. The minimum atomic E-state index is -0.975. The standard InChI is InChI=1S/C31H42O7/c1-16-23-18(17(2)32)13-21-28(4,19(23)14-20(33)24(16)34)8-9-30(6)22-15-27(3,25(35)36)7-11-31(22,26(37)38)12-10-29(21,30)5/h13-14,17-18,22-23,32,34H,7-12,15H2,1-6H3,(H,35,36)(H,37,38)/t17?,18?,22-,23?,27+,28-,29+,30-,31-/m0/s1. The van der Waals surface area contributed by atoms with Crippen molar-refractivity contribution < 1.29 is 34.8 Å². The summed E-state index contributed by atoms with van der Waals surface area (Å²) in [6.45, 7) is 11.8. The van der Waals surface area contributed by atoms with E-state index in [4.69, 9.17) is 0 Å². The number of fused-ring (bicyclic) bond motifs is 7. The molecule has 0 aromatic heterocycles. The van der Waals surface area contributed by atoms with Gasteiger partial charge < -0.3 is 20.4 Å². The minimum absolute atomic E-state index is 0.240. The number of hydrogen-bond donors (Lipinski definition) is 4. The lowest BCUT2D eigenvalue weighted by molar-refractivity contribution is -0.200. The van der Waals surface area contributed by atoms with Crippen molar-refractivity contribution in [3.8, 4) is 0 Å². The van der Waals surface area contributed by atoms with Gasteiger partial charge in [-0.2, -0.15) is 0 Å². The molecule has 5 aliphatic carbocycles. The Bertz CT molecular complexity index is 1220. The molecule has 5 rings (SSSR count). The molecule has 3 fully saturated rings. The molecule has 4 N–H and O–H groups in total. The fourth-order valence-electron chi connectivity index (χ4n) is 9.65. The Balaban J connectivity index is 1.71. The lowest BCUT2D eigenvalue weighted by Crippen LogP contribution is -2.65. The number of aliphatic carboxylic acids is 2. The van der Waals surface area contributed by atoms with Crippen LogP contribution in [0.4, 0.5) is 0 Å². The van der Waals surface area contributed by atoms with E-state index in [1.54, 1.807) is 26.8 Å². The van der Waals surface area contributed by atoms with Gasteiger partial charge in [0.15, 0.2) is 5.76 Å². The summed E-state index contributed by atoms with van der Waals surface area (Å²) >= 11 is 0. The summed E-state index contributed by atoms with van der Waals surface area (Å²) in [5, 5.41) is 42.2. The van der Waals surface area contributed by atoms with Crippen molar-refractivity contribution in [3.63, 3.8) is 0 Å². The molecular weight excluding hydrogens is 484 g/mol. The molecule has 3 saturated carbocycles. The fourth-order valence-corrected chi connectivity index (χ4v) is 9.65. The molecule has 208 valence electrons. The molecule has 0 amide bonds. The lowest BCUT2D eigenvalue weighted by atomic mass is 9.33. The number of aliphatic hydroxyl groups is 2. The third kappa shape index (κ3) is 3.14. The molecule has 7 heteroatoms. The van der Waals surface area contributed by atoms with Crippen LogP contribution in [0.1, 0.15) is 86.5 Å². The normalized spacial score (nSPS) is 47.0. The van der Waals surface area contributed by atoms with Crippen molar-refractivity contribution in [2.75, 3.05) is 0 Å². The maximum Gasteiger partial charge on any atom is 0.309 e. The molecule has 0 spiro atoms. The SMILES string of the molecule is CC1=C(O)C(=O)C=C2C1C(C(C)O)C=C1[C@@]2(C)CC[C@@]2(C)[C@@H]3C[C@](C)(C(=O)O)CC[C@]3(C(=O)O)CC[C@]12C. The van der Waals surface area contributed by atoms with Crippen LogP contribution in [0.25, 0.3) is 0 Å². The Hall–Kier alpha value is -2.41. The smallest absolute Gasteiger partial charge is 0.309 e. The number of carbonyl (C=O) groups is 3. The molecule has 38 heavy (non-hydrogen) atoms. The van der Waals surface area contributed by atoms with Crippen LogP contribution in [0.15, 0.2) is 34.6 Å². The molecule has 0 heterocycles. The quantitative estimate of drug-likeness (QED) is 0.360. The van der Waals surface area contributed by atoms with E-state index in [1.807, 2.05) is 0 Å². The number of hydrogen-bond acceptors (Lipinski definition) is 5. The van der Waals surface area contributed by atoms with Gasteiger partial charge in [0, 0.05) is 17.3 Å². The molecular formula is C31H42O7. The highest BCUT2D eigenvalue weighted by atomic mass is 16.4. The summed E-state index contributed by atoms with van der Waals surface area (Å²) in [5.41, 5.74) is -0.675. The molecule has 0 aromatic rings. The Kier molecular flexibility index (Phi) is 5.76. The van der Waals surface area contributed by atoms with E-state index in [9.17, 15) is 34.8 Å². The van der Waals surface area contributed by atoms with Gasteiger partial charge in [-0.1, -0.05) is 32.4 Å². The van der Waals surface area contributed by atoms with Crippen molar-refractivity contribution in [1.82, 2.24) is 0 Å². The van der Waals surface area contributed by atoms with Gasteiger partial charge in [0.1, 0.15) is 0 Å². The number of carbonyl (C=O) groups excluding carboxylic acids is 1. The molecule has 3 unspecified atom stereocenters. The summed E-state index contributed by atoms with van der Waals surface area (Å²) in [5.74, 6) is -3.26. The predicted octanol–water partition coefficient (Wildman–Crippen LogP) is 5.45. The first-order chi connectivity index (χ1) is 17.5. The van der Waals surface area contributed by atoms with Gasteiger partial charge in [-0.05, 0) is 99.7 Å². The van der Waals surface area contributed by atoms with Gasteiger partial charge >= 0.3 is 11.9 Å². The average molecular weight is 527 g/mol. The zero-order valence-electron chi connectivity index (χ0n) is 23.4. The van der Waals surface area contributed by atoms with Crippen LogP contribution < -0.4 is 0 Å². The van der Waals surface area contributed by atoms with Crippen molar-refractivity contribution in [1.29, 1.82) is 0 Å². The number of aliphatic hydroxyl groups excluding tert-OH is 2. The summed E-state index contributed by atoms with van der Waals surface area (Å²) in [6, 6.07) is 0. The summed E-state index contributed by atoms with van der Waals surface area (Å²) in [4.78, 5) is 38.1. The number of carboxylic acids is 2. The van der Waals surface area contributed by atoms with Crippen LogP contribution in [-0.4, -0.2) is 44.3 Å². The van der Waals surface area contributed by atoms with E-state index in [0.29, 0.717) is 50.5 Å². The zero-order chi connectivity index (χ0) is 28.2. The van der Waals surface area contributed by atoms with E-state index in [0.717, 1.165) is 11.1 Å². The monoisotopic (exact) mass is 526 g/mol. The first kappa shape index (κ1) is 27.2. The van der Waals surface area contributed by atoms with Crippen LogP contribution in [0.2, 0.25) is 0 Å². The van der Waals surface area contributed by atoms with Crippen LogP contribution in [0.3, 0.4) is 0 Å². The molecule has 0 aromatic carbocycles. The van der Waals surface area contributed by atoms with E-state index < -0.39 is 50.9 Å².